The van der Waals surface area contributed by atoms with Gasteiger partial charge in [0.1, 0.15) is 0 Å². The van der Waals surface area contributed by atoms with Gasteiger partial charge in [0.2, 0.25) is 5.91 Å². The Morgan fingerprint density at radius 3 is 2.06 bits per heavy atom. The second-order valence-electron chi connectivity index (χ2n) is 5.27. The monoisotopic (exact) mass is 264 g/mol. The van der Waals surface area contributed by atoms with Gasteiger partial charge in [0.05, 0.1) is 0 Å². The zero-order valence-corrected chi connectivity index (χ0v) is 12.7. The van der Waals surface area contributed by atoms with Crippen molar-refractivity contribution in [3.63, 3.8) is 0 Å². The molecule has 17 heavy (non-hydrogen) atoms. The Kier molecular flexibility index (Phi) is 9.82. The minimum Gasteiger partial charge on any atom is -0.354 e. The summed E-state index contributed by atoms with van der Waals surface area (Å²) < 4.78 is 0. The van der Waals surface area contributed by atoms with E-state index in [9.17, 15) is 4.79 Å². The van der Waals surface area contributed by atoms with Crippen molar-refractivity contribution in [3.8, 4) is 0 Å². The number of hydrogen-bond acceptors (Lipinski definition) is 2. The van der Waals surface area contributed by atoms with Crippen molar-refractivity contribution >= 4 is 18.3 Å². The molecule has 1 unspecified atom stereocenters. The van der Waals surface area contributed by atoms with Crippen LogP contribution in [0.4, 0.5) is 0 Å². The predicted octanol–water partition coefficient (Wildman–Crippen LogP) is 2.72. The molecule has 0 heterocycles. The van der Waals surface area contributed by atoms with Gasteiger partial charge in [-0.2, -0.15) is 0 Å². The molecule has 0 rings (SSSR count). The van der Waals surface area contributed by atoms with Gasteiger partial charge in [-0.3, -0.25) is 4.79 Å². The maximum atomic E-state index is 11.7. The molecule has 0 fully saturated rings. The van der Waals surface area contributed by atoms with Crippen LogP contribution in [0, 0.1) is 11.8 Å². The molecule has 0 aliphatic rings. The van der Waals surface area contributed by atoms with Crippen LogP contribution in [0.15, 0.2) is 0 Å². The molecule has 0 saturated carbocycles. The third kappa shape index (κ3) is 7.61. The quantitative estimate of drug-likeness (QED) is 0.743. The average molecular weight is 265 g/mol. The van der Waals surface area contributed by atoms with Gasteiger partial charge in [0.15, 0.2) is 0 Å². The van der Waals surface area contributed by atoms with E-state index in [1.165, 1.54) is 0 Å². The number of carbonyl (C=O) groups excluding carboxylic acids is 1. The Bertz CT molecular complexity index is 215. The number of hydrogen-bond donors (Lipinski definition) is 2. The van der Waals surface area contributed by atoms with Crippen LogP contribution in [0.25, 0.3) is 0 Å². The molecule has 1 atom stereocenters. The normalized spacial score (nSPS) is 13.1. The van der Waals surface area contributed by atoms with Crippen molar-refractivity contribution in [2.75, 3.05) is 6.54 Å². The minimum atomic E-state index is -0.239. The van der Waals surface area contributed by atoms with Crippen LogP contribution < -0.4 is 11.1 Å². The maximum absolute atomic E-state index is 11.7. The van der Waals surface area contributed by atoms with Crippen molar-refractivity contribution in [2.24, 2.45) is 17.6 Å². The number of nitrogens with two attached hydrogens (primary N) is 1. The van der Waals surface area contributed by atoms with E-state index >= 15 is 0 Å². The first-order chi connectivity index (χ1) is 7.34. The first-order valence-electron chi connectivity index (χ1n) is 6.40. The van der Waals surface area contributed by atoms with Gasteiger partial charge in [-0.15, -0.1) is 12.4 Å². The van der Waals surface area contributed by atoms with E-state index in [-0.39, 0.29) is 23.9 Å². The second kappa shape index (κ2) is 8.76. The lowest BCUT2D eigenvalue weighted by Gasteiger charge is -2.27. The molecule has 3 N–H and O–H groups in total. The Balaban J connectivity index is 0. The molecule has 0 bridgehead atoms. The summed E-state index contributed by atoms with van der Waals surface area (Å²) in [6.45, 7) is 11.1. The molecule has 3 nitrogen and oxygen atoms in total. The summed E-state index contributed by atoms with van der Waals surface area (Å²) >= 11 is 0. The van der Waals surface area contributed by atoms with E-state index < -0.39 is 0 Å². The lowest BCUT2D eigenvalue weighted by Crippen LogP contribution is -2.49. The van der Waals surface area contributed by atoms with Crippen LogP contribution in [0.1, 0.15) is 53.9 Å². The summed E-state index contributed by atoms with van der Waals surface area (Å²) in [6, 6.07) is 0. The van der Waals surface area contributed by atoms with Gasteiger partial charge in [0, 0.05) is 18.5 Å². The van der Waals surface area contributed by atoms with Crippen molar-refractivity contribution in [2.45, 2.75) is 59.4 Å². The summed E-state index contributed by atoms with van der Waals surface area (Å²) in [5.41, 5.74) is 5.88. The Hall–Kier alpha value is -0.280. The third-order valence-electron chi connectivity index (χ3n) is 3.69. The highest BCUT2D eigenvalue weighted by Crippen LogP contribution is 2.14. The average Bonchev–Trinajstić information content (AvgIpc) is 2.25. The van der Waals surface area contributed by atoms with E-state index in [1.807, 2.05) is 0 Å². The van der Waals surface area contributed by atoms with Crippen LogP contribution in [0.2, 0.25) is 0 Å². The highest BCUT2D eigenvalue weighted by Gasteiger charge is 2.21. The molecular weight excluding hydrogens is 236 g/mol. The molecule has 0 radical (unpaired) electrons. The smallest absolute Gasteiger partial charge is 0.220 e. The van der Waals surface area contributed by atoms with Crippen LogP contribution in [0.5, 0.6) is 0 Å². The Morgan fingerprint density at radius 2 is 1.71 bits per heavy atom. The van der Waals surface area contributed by atoms with Crippen molar-refractivity contribution in [1.82, 2.24) is 5.32 Å². The van der Waals surface area contributed by atoms with E-state index in [0.29, 0.717) is 24.8 Å². The molecule has 0 spiro atoms. The van der Waals surface area contributed by atoms with Crippen LogP contribution >= 0.6 is 12.4 Å². The Morgan fingerprint density at radius 1 is 1.24 bits per heavy atom. The molecular formula is C13H29ClN2O. The molecule has 1 amide bonds. The fourth-order valence-electron chi connectivity index (χ4n) is 1.37. The molecule has 0 aromatic carbocycles. The number of halogens is 1. The van der Waals surface area contributed by atoms with E-state index in [2.05, 4.69) is 39.9 Å². The zero-order valence-electron chi connectivity index (χ0n) is 11.9. The lowest BCUT2D eigenvalue weighted by atomic mass is 9.92. The summed E-state index contributed by atoms with van der Waals surface area (Å²) in [4.78, 5) is 11.7. The molecule has 4 heteroatoms. The Labute approximate surface area is 112 Å². The van der Waals surface area contributed by atoms with E-state index in [1.54, 1.807) is 0 Å². The van der Waals surface area contributed by atoms with Gasteiger partial charge in [-0.25, -0.2) is 0 Å². The predicted molar refractivity (Wildman–Crippen MR) is 76.4 cm³/mol. The number of carbonyl (C=O) groups is 1. The van der Waals surface area contributed by atoms with Gasteiger partial charge < -0.3 is 11.1 Å². The van der Waals surface area contributed by atoms with E-state index in [4.69, 9.17) is 5.73 Å². The fraction of sp³-hybridized carbons (Fsp3) is 0.923. The number of amides is 1. The topological polar surface area (TPSA) is 55.1 Å². The first-order valence-corrected chi connectivity index (χ1v) is 6.40. The SMILES string of the molecule is CCC(N)(CC)CNC(=O)CC(C)C(C)C.Cl. The number of nitrogens with one attached hydrogen (secondary N) is 1. The third-order valence-corrected chi connectivity index (χ3v) is 3.69. The summed E-state index contributed by atoms with van der Waals surface area (Å²) in [5, 5.41) is 2.95. The van der Waals surface area contributed by atoms with Crippen LogP contribution in [-0.4, -0.2) is 18.0 Å². The largest absolute Gasteiger partial charge is 0.354 e. The first kappa shape index (κ1) is 19.1. The van der Waals surface area contributed by atoms with Gasteiger partial charge in [-0.05, 0) is 24.7 Å². The highest BCUT2D eigenvalue weighted by molar-refractivity contribution is 5.85. The fourth-order valence-corrected chi connectivity index (χ4v) is 1.37. The van der Waals surface area contributed by atoms with Crippen molar-refractivity contribution < 1.29 is 4.79 Å². The van der Waals surface area contributed by atoms with E-state index in [0.717, 1.165) is 12.8 Å². The van der Waals surface area contributed by atoms with Crippen molar-refractivity contribution in [3.05, 3.63) is 0 Å². The van der Waals surface area contributed by atoms with Gasteiger partial charge in [-0.1, -0.05) is 34.6 Å². The van der Waals surface area contributed by atoms with Gasteiger partial charge in [0.25, 0.3) is 0 Å². The molecule has 0 aliphatic carbocycles. The standard InChI is InChI=1S/C13H28N2O.ClH/c1-6-13(14,7-2)9-15-12(16)8-11(5)10(3)4;/h10-11H,6-9,14H2,1-5H3,(H,15,16);1H. The molecule has 104 valence electrons. The summed E-state index contributed by atoms with van der Waals surface area (Å²) in [7, 11) is 0. The summed E-state index contributed by atoms with van der Waals surface area (Å²) in [6.07, 6.45) is 2.38. The maximum Gasteiger partial charge on any atom is 0.220 e. The van der Waals surface area contributed by atoms with Crippen LogP contribution in [-0.2, 0) is 4.79 Å². The molecule has 0 aromatic rings. The second-order valence-corrected chi connectivity index (χ2v) is 5.27. The zero-order chi connectivity index (χ0) is 12.8. The number of rotatable bonds is 7. The molecule has 0 aliphatic heterocycles. The minimum absolute atomic E-state index is 0. The molecule has 0 aromatic heterocycles. The van der Waals surface area contributed by atoms with Gasteiger partial charge >= 0.3 is 0 Å². The van der Waals surface area contributed by atoms with Crippen LogP contribution in [0.3, 0.4) is 0 Å². The van der Waals surface area contributed by atoms with Crippen molar-refractivity contribution in [1.29, 1.82) is 0 Å². The molecule has 0 saturated heterocycles. The lowest BCUT2D eigenvalue weighted by molar-refractivity contribution is -0.122. The summed E-state index contributed by atoms with van der Waals surface area (Å²) in [5.74, 6) is 1.10. The highest BCUT2D eigenvalue weighted by atomic mass is 35.5.